The average Bonchev–Trinajstić information content (AvgIpc) is 3.10. The molecule has 0 unspecified atom stereocenters. The summed E-state index contributed by atoms with van der Waals surface area (Å²) in [5, 5.41) is 6.48. The zero-order valence-corrected chi connectivity index (χ0v) is 13.4. The van der Waals surface area contributed by atoms with Crippen molar-refractivity contribution in [3.63, 3.8) is 0 Å². The lowest BCUT2D eigenvalue weighted by atomic mass is 10.3. The number of aromatic nitrogens is 2. The number of rotatable bonds is 4. The van der Waals surface area contributed by atoms with E-state index in [1.54, 1.807) is 4.90 Å². The maximum atomic E-state index is 13.1. The van der Waals surface area contributed by atoms with Gasteiger partial charge in [0.25, 0.3) is 11.5 Å². The van der Waals surface area contributed by atoms with Crippen molar-refractivity contribution < 1.29 is 14.0 Å². The molecule has 2 aromatic rings. The normalized spacial score (nSPS) is 13.7. The number of hydrogen-bond acceptors (Lipinski definition) is 4. The first kappa shape index (κ1) is 16.8. The SMILES string of the molecule is O=C(Cn1nc(C(=O)N2CCCC2)ccc1=O)Nc1cccc(F)c1. The van der Waals surface area contributed by atoms with Gasteiger partial charge in [0.2, 0.25) is 5.91 Å². The smallest absolute Gasteiger partial charge is 0.274 e. The number of benzene rings is 1. The molecule has 3 rings (SSSR count). The number of carbonyl (C=O) groups excluding carboxylic acids is 2. The van der Waals surface area contributed by atoms with Gasteiger partial charge in [0.05, 0.1) is 0 Å². The molecule has 2 heterocycles. The summed E-state index contributed by atoms with van der Waals surface area (Å²) in [4.78, 5) is 37.9. The van der Waals surface area contributed by atoms with E-state index in [-0.39, 0.29) is 23.8 Å². The Kier molecular flexibility index (Phi) is 4.87. The van der Waals surface area contributed by atoms with Crippen molar-refractivity contribution in [3.05, 3.63) is 58.3 Å². The van der Waals surface area contributed by atoms with Crippen LogP contribution in [0.3, 0.4) is 0 Å². The van der Waals surface area contributed by atoms with Crippen molar-refractivity contribution >= 4 is 17.5 Å². The lowest BCUT2D eigenvalue weighted by molar-refractivity contribution is -0.117. The van der Waals surface area contributed by atoms with Gasteiger partial charge >= 0.3 is 0 Å². The van der Waals surface area contributed by atoms with Crippen molar-refractivity contribution in [1.29, 1.82) is 0 Å². The van der Waals surface area contributed by atoms with Gasteiger partial charge < -0.3 is 10.2 Å². The van der Waals surface area contributed by atoms with Gasteiger partial charge in [-0.1, -0.05) is 6.07 Å². The molecular formula is C17H17FN4O3. The van der Waals surface area contributed by atoms with Gasteiger partial charge in [0.15, 0.2) is 0 Å². The second-order valence-electron chi connectivity index (χ2n) is 5.77. The van der Waals surface area contributed by atoms with Crippen molar-refractivity contribution in [3.8, 4) is 0 Å². The van der Waals surface area contributed by atoms with Gasteiger partial charge in [-0.25, -0.2) is 9.07 Å². The maximum absolute atomic E-state index is 13.1. The van der Waals surface area contributed by atoms with Crippen LogP contribution in [0, 0.1) is 5.82 Å². The molecular weight excluding hydrogens is 327 g/mol. The molecule has 0 saturated carbocycles. The second kappa shape index (κ2) is 7.25. The fraction of sp³-hybridized carbons (Fsp3) is 0.294. The molecule has 0 radical (unpaired) electrons. The van der Waals surface area contributed by atoms with Crippen molar-refractivity contribution in [1.82, 2.24) is 14.7 Å². The van der Waals surface area contributed by atoms with Gasteiger partial charge in [-0.3, -0.25) is 14.4 Å². The molecule has 1 aromatic carbocycles. The Balaban J connectivity index is 1.73. The summed E-state index contributed by atoms with van der Waals surface area (Å²) in [5.41, 5.74) is -0.0882. The molecule has 25 heavy (non-hydrogen) atoms. The molecule has 1 fully saturated rings. The van der Waals surface area contributed by atoms with E-state index in [2.05, 4.69) is 10.4 Å². The summed E-state index contributed by atoms with van der Waals surface area (Å²) in [5.74, 6) is -1.27. The highest BCUT2D eigenvalue weighted by molar-refractivity contribution is 5.92. The Bertz CT molecular complexity index is 859. The molecule has 0 atom stereocenters. The minimum atomic E-state index is -0.536. The first-order valence-corrected chi connectivity index (χ1v) is 7.96. The van der Waals surface area contributed by atoms with Crippen molar-refractivity contribution in [2.24, 2.45) is 0 Å². The van der Waals surface area contributed by atoms with E-state index in [1.165, 1.54) is 36.4 Å². The number of anilines is 1. The number of halogens is 1. The quantitative estimate of drug-likeness (QED) is 0.905. The van der Waals surface area contributed by atoms with Crippen LogP contribution < -0.4 is 10.9 Å². The number of carbonyl (C=O) groups is 2. The molecule has 0 bridgehead atoms. The molecule has 7 nitrogen and oxygen atoms in total. The number of nitrogens with one attached hydrogen (secondary N) is 1. The number of amides is 2. The predicted octanol–water partition coefficient (Wildman–Crippen LogP) is 1.26. The van der Waals surface area contributed by atoms with Crippen LogP contribution in [0.4, 0.5) is 10.1 Å². The summed E-state index contributed by atoms with van der Waals surface area (Å²) in [6.45, 7) is 0.968. The Morgan fingerprint density at radius 2 is 1.92 bits per heavy atom. The van der Waals surface area contributed by atoms with Crippen LogP contribution in [0.15, 0.2) is 41.2 Å². The van der Waals surface area contributed by atoms with Gasteiger partial charge in [-0.2, -0.15) is 5.10 Å². The third-order valence-electron chi connectivity index (χ3n) is 3.88. The van der Waals surface area contributed by atoms with Crippen LogP contribution in [0.5, 0.6) is 0 Å². The summed E-state index contributed by atoms with van der Waals surface area (Å²) in [6.07, 6.45) is 1.89. The minimum absolute atomic E-state index is 0.125. The summed E-state index contributed by atoms with van der Waals surface area (Å²) < 4.78 is 14.1. The Labute approximate surface area is 143 Å². The van der Waals surface area contributed by atoms with Crippen molar-refractivity contribution in [2.75, 3.05) is 18.4 Å². The van der Waals surface area contributed by atoms with E-state index in [9.17, 15) is 18.8 Å². The summed E-state index contributed by atoms with van der Waals surface area (Å²) >= 11 is 0. The van der Waals surface area contributed by atoms with E-state index >= 15 is 0 Å². The van der Waals surface area contributed by atoms with E-state index < -0.39 is 17.3 Å². The molecule has 1 aliphatic heterocycles. The Morgan fingerprint density at radius 3 is 2.64 bits per heavy atom. The van der Waals surface area contributed by atoms with Crippen LogP contribution in [-0.4, -0.2) is 39.6 Å². The Morgan fingerprint density at radius 1 is 1.16 bits per heavy atom. The highest BCUT2D eigenvalue weighted by Crippen LogP contribution is 2.11. The van der Waals surface area contributed by atoms with Gasteiger partial charge in [0, 0.05) is 24.8 Å². The first-order chi connectivity index (χ1) is 12.0. The molecule has 1 aromatic heterocycles. The van der Waals surface area contributed by atoms with Crippen LogP contribution in [0.1, 0.15) is 23.3 Å². The van der Waals surface area contributed by atoms with Gasteiger partial charge in [-0.15, -0.1) is 0 Å². The highest BCUT2D eigenvalue weighted by Gasteiger charge is 2.21. The molecule has 0 spiro atoms. The first-order valence-electron chi connectivity index (χ1n) is 7.96. The Hall–Kier alpha value is -3.03. The molecule has 8 heteroatoms. The van der Waals surface area contributed by atoms with Crippen LogP contribution >= 0.6 is 0 Å². The van der Waals surface area contributed by atoms with E-state index in [4.69, 9.17) is 0 Å². The monoisotopic (exact) mass is 344 g/mol. The van der Waals surface area contributed by atoms with E-state index in [1.807, 2.05) is 0 Å². The third kappa shape index (κ3) is 4.09. The van der Waals surface area contributed by atoms with Crippen molar-refractivity contribution in [2.45, 2.75) is 19.4 Å². The fourth-order valence-electron chi connectivity index (χ4n) is 2.66. The lowest BCUT2D eigenvalue weighted by Crippen LogP contribution is -2.34. The number of likely N-dealkylation sites (tertiary alicyclic amines) is 1. The van der Waals surface area contributed by atoms with Gasteiger partial charge in [0.1, 0.15) is 18.1 Å². The zero-order chi connectivity index (χ0) is 17.8. The predicted molar refractivity (Wildman–Crippen MR) is 88.7 cm³/mol. The standard InChI is InChI=1S/C17H17FN4O3/c18-12-4-3-5-13(10-12)19-15(23)11-22-16(24)7-6-14(20-22)17(25)21-8-1-2-9-21/h3-7,10H,1-2,8-9,11H2,(H,19,23). The molecule has 1 saturated heterocycles. The van der Waals surface area contributed by atoms with E-state index in [0.717, 1.165) is 17.5 Å². The third-order valence-corrected chi connectivity index (χ3v) is 3.88. The average molecular weight is 344 g/mol. The molecule has 130 valence electrons. The lowest BCUT2D eigenvalue weighted by Gasteiger charge is -2.15. The summed E-state index contributed by atoms with van der Waals surface area (Å²) in [6, 6.07) is 8.00. The molecule has 2 amide bonds. The minimum Gasteiger partial charge on any atom is -0.337 e. The molecule has 1 N–H and O–H groups in total. The topological polar surface area (TPSA) is 84.3 Å². The van der Waals surface area contributed by atoms with Gasteiger partial charge in [-0.05, 0) is 37.1 Å². The summed E-state index contributed by atoms with van der Waals surface area (Å²) in [7, 11) is 0. The molecule has 1 aliphatic rings. The van der Waals surface area contributed by atoms with Crippen LogP contribution in [0.2, 0.25) is 0 Å². The van der Waals surface area contributed by atoms with Crippen LogP contribution in [0.25, 0.3) is 0 Å². The maximum Gasteiger partial charge on any atom is 0.274 e. The largest absolute Gasteiger partial charge is 0.337 e. The second-order valence-corrected chi connectivity index (χ2v) is 5.77. The number of hydrogen-bond donors (Lipinski definition) is 1. The number of nitrogens with zero attached hydrogens (tertiary/aromatic N) is 3. The fourth-order valence-corrected chi connectivity index (χ4v) is 2.66. The van der Waals surface area contributed by atoms with Crippen LogP contribution in [-0.2, 0) is 11.3 Å². The molecule has 0 aliphatic carbocycles. The zero-order valence-electron chi connectivity index (χ0n) is 13.4. The van der Waals surface area contributed by atoms with E-state index in [0.29, 0.717) is 13.1 Å². The highest BCUT2D eigenvalue weighted by atomic mass is 19.1.